The van der Waals surface area contributed by atoms with Gasteiger partial charge in [0.1, 0.15) is 0 Å². The number of ether oxygens (including phenoxy) is 2. The molecule has 0 radical (unpaired) electrons. The summed E-state index contributed by atoms with van der Waals surface area (Å²) in [5, 5.41) is 1.94. The monoisotopic (exact) mass is 294 g/mol. The van der Waals surface area contributed by atoms with Gasteiger partial charge < -0.3 is 18.8 Å². The van der Waals surface area contributed by atoms with Gasteiger partial charge in [-0.2, -0.15) is 4.98 Å². The predicted molar refractivity (Wildman–Crippen MR) is 74.2 cm³/mol. The minimum atomic E-state index is -0.488. The Hall–Kier alpha value is -1.86. The van der Waals surface area contributed by atoms with Crippen molar-refractivity contribution in [3.63, 3.8) is 0 Å². The lowest BCUT2D eigenvalue weighted by molar-refractivity contribution is 0.0593. The number of anilines is 1. The first-order valence-corrected chi connectivity index (χ1v) is 7.13. The van der Waals surface area contributed by atoms with Crippen molar-refractivity contribution in [2.75, 3.05) is 38.3 Å². The first-order chi connectivity index (χ1) is 9.79. The summed E-state index contributed by atoms with van der Waals surface area (Å²) in [6.07, 6.45) is 0. The van der Waals surface area contributed by atoms with Crippen molar-refractivity contribution in [2.45, 2.75) is 0 Å². The van der Waals surface area contributed by atoms with Crippen molar-refractivity contribution in [1.29, 1.82) is 0 Å². The van der Waals surface area contributed by atoms with Crippen molar-refractivity contribution in [3.05, 3.63) is 23.2 Å². The minimum absolute atomic E-state index is 0.220. The molecule has 0 N–H and O–H groups in total. The van der Waals surface area contributed by atoms with Crippen molar-refractivity contribution < 1.29 is 18.7 Å². The van der Waals surface area contributed by atoms with Crippen LogP contribution in [0.3, 0.4) is 0 Å². The summed E-state index contributed by atoms with van der Waals surface area (Å²) in [5.74, 6) is 0.420. The Kier molecular flexibility index (Phi) is 3.70. The van der Waals surface area contributed by atoms with E-state index < -0.39 is 5.97 Å². The quantitative estimate of drug-likeness (QED) is 0.807. The van der Waals surface area contributed by atoms with E-state index in [9.17, 15) is 4.79 Å². The SMILES string of the molecule is COC(=O)c1nc(-c2cccs2)oc1N1CCOCC1. The smallest absolute Gasteiger partial charge is 0.362 e. The largest absolute Gasteiger partial charge is 0.464 e. The number of oxazole rings is 1. The molecule has 1 saturated heterocycles. The molecule has 0 amide bonds. The molecule has 3 heterocycles. The first kappa shape index (κ1) is 13.1. The molecule has 20 heavy (non-hydrogen) atoms. The van der Waals surface area contributed by atoms with E-state index in [4.69, 9.17) is 13.9 Å². The van der Waals surface area contributed by atoms with Gasteiger partial charge in [0.05, 0.1) is 25.2 Å². The van der Waals surface area contributed by atoms with E-state index in [1.165, 1.54) is 18.4 Å². The minimum Gasteiger partial charge on any atom is -0.464 e. The summed E-state index contributed by atoms with van der Waals surface area (Å²) >= 11 is 1.51. The maximum Gasteiger partial charge on any atom is 0.362 e. The zero-order valence-corrected chi connectivity index (χ0v) is 11.8. The van der Waals surface area contributed by atoms with Crippen LogP contribution in [0.4, 0.5) is 5.88 Å². The van der Waals surface area contributed by atoms with E-state index in [0.29, 0.717) is 38.1 Å². The third-order valence-electron chi connectivity index (χ3n) is 3.02. The fraction of sp³-hybridized carbons (Fsp3) is 0.385. The van der Waals surface area contributed by atoms with Gasteiger partial charge in [0, 0.05) is 13.1 Å². The van der Waals surface area contributed by atoms with Gasteiger partial charge in [-0.15, -0.1) is 11.3 Å². The molecule has 7 heteroatoms. The van der Waals surface area contributed by atoms with Crippen LogP contribution in [0.5, 0.6) is 0 Å². The van der Waals surface area contributed by atoms with Crippen LogP contribution in [0.25, 0.3) is 10.8 Å². The Bertz CT molecular complexity index is 588. The van der Waals surface area contributed by atoms with E-state index in [0.717, 1.165) is 4.88 Å². The lowest BCUT2D eigenvalue weighted by atomic mass is 10.3. The summed E-state index contributed by atoms with van der Waals surface area (Å²) in [6.45, 7) is 2.55. The fourth-order valence-electron chi connectivity index (χ4n) is 2.03. The Labute approximate surface area is 119 Å². The standard InChI is InChI=1S/C13H14N2O4S/c1-17-13(16)10-12(15-4-6-18-7-5-15)19-11(14-10)9-3-2-8-20-9/h2-3,8H,4-7H2,1H3. The van der Waals surface area contributed by atoms with Crippen LogP contribution in [-0.2, 0) is 9.47 Å². The highest BCUT2D eigenvalue weighted by Crippen LogP contribution is 2.31. The van der Waals surface area contributed by atoms with E-state index in [2.05, 4.69) is 4.98 Å². The highest BCUT2D eigenvalue weighted by atomic mass is 32.1. The maximum absolute atomic E-state index is 11.9. The molecule has 106 valence electrons. The average molecular weight is 294 g/mol. The zero-order valence-electron chi connectivity index (χ0n) is 11.0. The van der Waals surface area contributed by atoms with Crippen molar-refractivity contribution >= 4 is 23.2 Å². The van der Waals surface area contributed by atoms with Crippen molar-refractivity contribution in [2.24, 2.45) is 0 Å². The summed E-state index contributed by atoms with van der Waals surface area (Å²) in [4.78, 5) is 19.0. The van der Waals surface area contributed by atoms with E-state index in [1.807, 2.05) is 22.4 Å². The highest BCUT2D eigenvalue weighted by Gasteiger charge is 2.27. The van der Waals surface area contributed by atoms with E-state index in [-0.39, 0.29) is 5.69 Å². The van der Waals surface area contributed by atoms with Crippen LogP contribution in [0, 0.1) is 0 Å². The Morgan fingerprint density at radius 3 is 2.90 bits per heavy atom. The summed E-state index contributed by atoms with van der Waals surface area (Å²) in [7, 11) is 1.34. The maximum atomic E-state index is 11.9. The predicted octanol–water partition coefficient (Wildman–Crippen LogP) is 2.03. The van der Waals surface area contributed by atoms with Gasteiger partial charge in [0.25, 0.3) is 0 Å². The van der Waals surface area contributed by atoms with Crippen LogP contribution in [0.15, 0.2) is 21.9 Å². The van der Waals surface area contributed by atoms with Crippen LogP contribution >= 0.6 is 11.3 Å². The number of esters is 1. The summed E-state index contributed by atoms with van der Waals surface area (Å²) in [6, 6.07) is 3.82. The number of hydrogen-bond donors (Lipinski definition) is 0. The molecule has 0 saturated carbocycles. The van der Waals surface area contributed by atoms with Crippen LogP contribution < -0.4 is 4.90 Å². The van der Waals surface area contributed by atoms with E-state index in [1.54, 1.807) is 0 Å². The molecule has 1 aliphatic rings. The van der Waals surface area contributed by atoms with Crippen LogP contribution in [0.2, 0.25) is 0 Å². The lowest BCUT2D eigenvalue weighted by Gasteiger charge is -2.26. The molecule has 3 rings (SSSR count). The molecule has 2 aromatic heterocycles. The highest BCUT2D eigenvalue weighted by molar-refractivity contribution is 7.13. The molecular formula is C13H14N2O4S. The van der Waals surface area contributed by atoms with E-state index >= 15 is 0 Å². The molecule has 2 aromatic rings. The second-order valence-electron chi connectivity index (χ2n) is 4.24. The summed E-state index contributed by atoms with van der Waals surface area (Å²) in [5.41, 5.74) is 0.220. The van der Waals surface area contributed by atoms with Crippen molar-refractivity contribution in [3.8, 4) is 10.8 Å². The number of aromatic nitrogens is 1. The van der Waals surface area contributed by atoms with Gasteiger partial charge in [-0.1, -0.05) is 6.07 Å². The Morgan fingerprint density at radius 2 is 2.25 bits per heavy atom. The molecule has 0 atom stereocenters. The molecule has 1 aliphatic heterocycles. The molecule has 0 aromatic carbocycles. The van der Waals surface area contributed by atoms with Gasteiger partial charge >= 0.3 is 5.97 Å². The molecule has 6 nitrogen and oxygen atoms in total. The number of rotatable bonds is 3. The molecule has 1 fully saturated rings. The molecule has 0 unspecified atom stereocenters. The lowest BCUT2D eigenvalue weighted by Crippen LogP contribution is -2.36. The first-order valence-electron chi connectivity index (χ1n) is 6.25. The number of morpholine rings is 1. The topological polar surface area (TPSA) is 64.8 Å². The molecule has 0 aliphatic carbocycles. The fourth-order valence-corrected chi connectivity index (χ4v) is 2.68. The second-order valence-corrected chi connectivity index (χ2v) is 5.19. The number of methoxy groups -OCH3 is 1. The van der Waals surface area contributed by atoms with Gasteiger partial charge in [-0.25, -0.2) is 4.79 Å². The molecular weight excluding hydrogens is 280 g/mol. The van der Waals surface area contributed by atoms with Crippen LogP contribution in [0.1, 0.15) is 10.5 Å². The van der Waals surface area contributed by atoms with Gasteiger partial charge in [-0.05, 0) is 11.4 Å². The van der Waals surface area contributed by atoms with Crippen LogP contribution in [-0.4, -0.2) is 44.4 Å². The summed E-state index contributed by atoms with van der Waals surface area (Å²) < 4.78 is 15.9. The number of nitrogens with zero attached hydrogens (tertiary/aromatic N) is 2. The third kappa shape index (κ3) is 2.41. The number of hydrogen-bond acceptors (Lipinski definition) is 7. The third-order valence-corrected chi connectivity index (χ3v) is 3.88. The Morgan fingerprint density at radius 1 is 1.45 bits per heavy atom. The normalized spacial score (nSPS) is 15.3. The number of carbonyl (C=O) groups excluding carboxylic acids is 1. The van der Waals surface area contributed by atoms with Crippen molar-refractivity contribution in [1.82, 2.24) is 4.98 Å². The zero-order chi connectivity index (χ0) is 13.9. The number of thiophene rings is 1. The Balaban J connectivity index is 1.99. The number of carbonyl (C=O) groups is 1. The molecule has 0 spiro atoms. The van der Waals surface area contributed by atoms with Gasteiger partial charge in [0.15, 0.2) is 0 Å². The van der Waals surface area contributed by atoms with Gasteiger partial charge in [-0.3, -0.25) is 0 Å². The van der Waals surface area contributed by atoms with Gasteiger partial charge in [0.2, 0.25) is 17.5 Å². The second kappa shape index (κ2) is 5.64. The molecule has 0 bridgehead atoms. The average Bonchev–Trinajstić information content (AvgIpc) is 3.16.